The lowest BCUT2D eigenvalue weighted by Crippen LogP contribution is -2.55. The third kappa shape index (κ3) is 10.8. The lowest BCUT2D eigenvalue weighted by Gasteiger charge is -2.54. The van der Waals surface area contributed by atoms with Crippen molar-refractivity contribution >= 4 is 17.7 Å². The maximum Gasteiger partial charge on any atom is 0.417 e. The molecule has 12 saturated carbocycles. The molecule has 12 aliphatic rings. The van der Waals surface area contributed by atoms with Crippen molar-refractivity contribution in [3.8, 4) is 39.5 Å². The summed E-state index contributed by atoms with van der Waals surface area (Å²) >= 11 is 0. The first kappa shape index (κ1) is 58.2. The number of alkyl halides is 3. The van der Waals surface area contributed by atoms with E-state index in [4.69, 9.17) is 4.74 Å². The summed E-state index contributed by atoms with van der Waals surface area (Å²) in [7, 11) is 6.85. The summed E-state index contributed by atoms with van der Waals surface area (Å²) in [6.45, 7) is 5.45. The van der Waals surface area contributed by atoms with Gasteiger partial charge in [0.1, 0.15) is 17.4 Å². The van der Waals surface area contributed by atoms with E-state index in [0.29, 0.717) is 75.5 Å². The molecular formula is C68H80F5N9O4. The van der Waals surface area contributed by atoms with Gasteiger partial charge in [-0.15, -0.1) is 0 Å². The fraction of sp³-hybridized carbons (Fsp3) is 0.559. The van der Waals surface area contributed by atoms with Crippen LogP contribution >= 0.6 is 0 Å². The fourth-order valence-corrected chi connectivity index (χ4v) is 19.2. The SMILES string of the molecule is COc1cccc(-c2c(C)c(C(=O)NC3C4CC5CC(C4)CC3C5)nn2C)c1.Cc1c(C(=O)NC2C3CC4CC(C3)CC2C4)nn(C)c1-c1ccc(F)cc1F.Cc1c(C(=O)NC2C3CC4CC(C3)CC2C4)nn(C)c1-c1ccccc1C(F)(F)F. The first-order valence-corrected chi connectivity index (χ1v) is 31.5. The van der Waals surface area contributed by atoms with Crippen molar-refractivity contribution in [2.24, 2.45) is 92.2 Å². The summed E-state index contributed by atoms with van der Waals surface area (Å²) in [5, 5.41) is 23.2. The van der Waals surface area contributed by atoms with Gasteiger partial charge in [0.15, 0.2) is 17.1 Å². The van der Waals surface area contributed by atoms with Crippen molar-refractivity contribution in [2.45, 2.75) is 141 Å². The van der Waals surface area contributed by atoms with Gasteiger partial charge in [0, 0.05) is 78.7 Å². The number of carbonyl (C=O) groups excluding carboxylic acids is 3. The summed E-state index contributed by atoms with van der Waals surface area (Å²) < 4.78 is 78.2. The van der Waals surface area contributed by atoms with Crippen LogP contribution in [0.5, 0.6) is 5.75 Å². The van der Waals surface area contributed by atoms with Crippen LogP contribution in [0.2, 0.25) is 0 Å². The molecular weight excluding hydrogens is 1100 g/mol. The quantitative estimate of drug-likeness (QED) is 0.116. The van der Waals surface area contributed by atoms with Crippen LogP contribution in [0.1, 0.15) is 150 Å². The van der Waals surface area contributed by atoms with Crippen molar-refractivity contribution in [2.75, 3.05) is 7.11 Å². The molecule has 3 aromatic carbocycles. The molecule has 3 N–H and O–H groups in total. The second-order valence-electron chi connectivity index (χ2n) is 27.5. The predicted octanol–water partition coefficient (Wildman–Crippen LogP) is 13.2. The highest BCUT2D eigenvalue weighted by Gasteiger charge is 2.52. The van der Waals surface area contributed by atoms with Gasteiger partial charge in [-0.25, -0.2) is 8.78 Å². The summed E-state index contributed by atoms with van der Waals surface area (Å²) in [5.41, 5.74) is 5.53. The van der Waals surface area contributed by atoms with Crippen LogP contribution in [0, 0.1) is 103 Å². The number of hydrogen-bond donors (Lipinski definition) is 3. The van der Waals surface area contributed by atoms with Gasteiger partial charge in [-0.3, -0.25) is 28.4 Å². The van der Waals surface area contributed by atoms with Gasteiger partial charge in [-0.1, -0.05) is 30.3 Å². The second-order valence-corrected chi connectivity index (χ2v) is 27.5. The second kappa shape index (κ2) is 22.7. The Bertz CT molecular complexity index is 3520. The minimum atomic E-state index is -4.48. The van der Waals surface area contributed by atoms with Crippen molar-refractivity contribution in [3.63, 3.8) is 0 Å². The molecule has 12 bridgehead atoms. The monoisotopic (exact) mass is 1180 g/mol. The van der Waals surface area contributed by atoms with E-state index < -0.39 is 23.4 Å². The third-order valence-corrected chi connectivity index (χ3v) is 22.1. The molecule has 12 aliphatic carbocycles. The normalized spacial score (nSPS) is 30.3. The number of nitrogens with zero attached hydrogens (tertiary/aromatic N) is 6. The van der Waals surface area contributed by atoms with E-state index in [9.17, 15) is 36.3 Å². The number of carbonyl (C=O) groups is 3. The molecule has 3 heterocycles. The number of nitrogens with one attached hydrogen (secondary N) is 3. The zero-order valence-corrected chi connectivity index (χ0v) is 50.3. The number of benzene rings is 3. The van der Waals surface area contributed by atoms with Gasteiger partial charge >= 0.3 is 6.18 Å². The van der Waals surface area contributed by atoms with Crippen molar-refractivity contribution in [1.29, 1.82) is 0 Å². The van der Waals surface area contributed by atoms with E-state index in [1.54, 1.807) is 41.1 Å². The molecule has 0 unspecified atom stereocenters. The number of aromatic nitrogens is 6. The Balaban J connectivity index is 0.000000120. The fourth-order valence-electron chi connectivity index (χ4n) is 19.2. The van der Waals surface area contributed by atoms with E-state index in [0.717, 1.165) is 70.2 Å². The Labute approximate surface area is 500 Å². The topological polar surface area (TPSA) is 150 Å². The first-order valence-electron chi connectivity index (χ1n) is 31.5. The molecule has 0 saturated heterocycles. The van der Waals surface area contributed by atoms with Crippen LogP contribution in [0.25, 0.3) is 33.8 Å². The molecule has 3 aromatic heterocycles. The Kier molecular flexibility index (Phi) is 15.4. The van der Waals surface area contributed by atoms with Gasteiger partial charge in [0.05, 0.1) is 29.8 Å². The van der Waals surface area contributed by atoms with Crippen molar-refractivity contribution in [3.05, 3.63) is 118 Å². The van der Waals surface area contributed by atoms with E-state index >= 15 is 0 Å². The van der Waals surface area contributed by atoms with Gasteiger partial charge in [0.25, 0.3) is 17.7 Å². The molecule has 18 heteroatoms. The lowest BCUT2D eigenvalue weighted by atomic mass is 9.54. The largest absolute Gasteiger partial charge is 0.497 e. The number of halogens is 5. The van der Waals surface area contributed by atoms with E-state index in [1.165, 1.54) is 130 Å². The minimum Gasteiger partial charge on any atom is -0.497 e. The van der Waals surface area contributed by atoms with E-state index in [2.05, 4.69) is 31.2 Å². The lowest BCUT2D eigenvalue weighted by molar-refractivity contribution is -0.137. The van der Waals surface area contributed by atoms with Crippen LogP contribution in [0.15, 0.2) is 66.7 Å². The number of hydrogen-bond acceptors (Lipinski definition) is 7. The molecule has 3 amide bonds. The summed E-state index contributed by atoms with van der Waals surface area (Å²) in [6.07, 6.45) is 14.5. The zero-order valence-electron chi connectivity index (χ0n) is 50.3. The highest BCUT2D eigenvalue weighted by molar-refractivity contribution is 5.97. The molecule has 0 spiro atoms. The predicted molar refractivity (Wildman–Crippen MR) is 317 cm³/mol. The van der Waals surface area contributed by atoms with Crippen molar-refractivity contribution in [1.82, 2.24) is 45.3 Å². The molecule has 0 atom stereocenters. The first-order chi connectivity index (χ1) is 41.2. The number of aryl methyl sites for hydroxylation is 3. The summed E-state index contributed by atoms with van der Waals surface area (Å²) in [6, 6.07) is 17.6. The molecule has 456 valence electrons. The Morgan fingerprint density at radius 1 is 0.477 bits per heavy atom. The highest BCUT2D eigenvalue weighted by Crippen LogP contribution is 2.56. The van der Waals surface area contributed by atoms with Crippen LogP contribution < -0.4 is 20.7 Å². The molecule has 12 fully saturated rings. The van der Waals surface area contributed by atoms with Crippen LogP contribution in [0.3, 0.4) is 0 Å². The number of methoxy groups -OCH3 is 1. The number of rotatable bonds is 10. The average molecular weight is 1180 g/mol. The molecule has 0 aliphatic heterocycles. The summed E-state index contributed by atoms with van der Waals surface area (Å²) in [4.78, 5) is 39.3. The zero-order chi connectivity index (χ0) is 60.2. The van der Waals surface area contributed by atoms with Gasteiger partial charge in [-0.2, -0.15) is 28.5 Å². The summed E-state index contributed by atoms with van der Waals surface area (Å²) in [5.74, 6) is 7.75. The standard InChI is InChI=1S/C23H26F3N3O.C23H29N3O2.C22H25F2N3O/c1-12-19(22(30)27-20-15-8-13-7-14(10-15)11-16(20)9-13)28-29(2)21(12)17-5-3-4-6-18(17)23(24,25)26;1-13-20(25-26(2)22(13)16-5-4-6-19(12-16)28-3)23(27)24-21-17-8-14-7-15(10-17)11-18(21)9-14;1-11-19(26-27(2)21(11)17-4-3-16(23)10-18(17)24)22(28)25-20-14-6-12-5-13(8-14)9-15(20)7-12/h3-6,13-16,20H,7-11H2,1-2H3,(H,27,30);4-6,12,14-15,17-18,21H,7-11H2,1-3H3,(H,24,27);3-4,10,12-15,20H,5-9H2,1-2H3,(H,25,28). The molecule has 0 radical (unpaired) electrons. The van der Waals surface area contributed by atoms with Gasteiger partial charge < -0.3 is 20.7 Å². The Hall–Kier alpha value is -6.85. The average Bonchev–Trinajstić information content (AvgIpc) is 1.60. The smallest absolute Gasteiger partial charge is 0.417 e. The van der Waals surface area contributed by atoms with Crippen LogP contribution in [0.4, 0.5) is 22.0 Å². The maximum atomic E-state index is 14.3. The molecule has 13 nitrogen and oxygen atoms in total. The Morgan fingerprint density at radius 2 is 0.849 bits per heavy atom. The maximum absolute atomic E-state index is 14.3. The van der Waals surface area contributed by atoms with Gasteiger partial charge in [-0.05, 0) is 218 Å². The van der Waals surface area contributed by atoms with E-state index in [1.807, 2.05) is 42.9 Å². The minimum absolute atomic E-state index is 0.0141. The molecule has 6 aromatic rings. The molecule has 18 rings (SSSR count). The van der Waals surface area contributed by atoms with Crippen molar-refractivity contribution < 1.29 is 41.1 Å². The highest BCUT2D eigenvalue weighted by atomic mass is 19.4. The number of amides is 3. The van der Waals surface area contributed by atoms with Gasteiger partial charge in [0.2, 0.25) is 0 Å². The number of ether oxygens (including phenoxy) is 1. The molecule has 86 heavy (non-hydrogen) atoms. The Morgan fingerprint density at radius 3 is 1.23 bits per heavy atom. The third-order valence-electron chi connectivity index (χ3n) is 22.1. The van der Waals surface area contributed by atoms with Crippen LogP contribution in [-0.4, -0.2) is 72.3 Å². The van der Waals surface area contributed by atoms with Crippen LogP contribution in [-0.2, 0) is 27.3 Å². The van der Waals surface area contributed by atoms with E-state index in [-0.39, 0.29) is 46.6 Å².